The Morgan fingerprint density at radius 1 is 1.24 bits per heavy atom. The summed E-state index contributed by atoms with van der Waals surface area (Å²) < 4.78 is 5.84. The number of hydrogen-bond acceptors (Lipinski definition) is 7. The topological polar surface area (TPSA) is 93.1 Å². The molecule has 25 heavy (non-hydrogen) atoms. The molecule has 2 saturated heterocycles. The van der Waals surface area contributed by atoms with Crippen LogP contribution in [0.4, 0.5) is 5.95 Å². The molecule has 130 valence electrons. The molecule has 4 heterocycles. The quantitative estimate of drug-likeness (QED) is 0.858. The van der Waals surface area contributed by atoms with Gasteiger partial charge in [-0.3, -0.25) is 14.8 Å². The lowest BCUT2D eigenvalue weighted by atomic mass is 9.92. The number of rotatable bonds is 4. The second-order valence-electron chi connectivity index (χ2n) is 6.46. The first-order valence-corrected chi connectivity index (χ1v) is 8.39. The van der Waals surface area contributed by atoms with Gasteiger partial charge in [0.1, 0.15) is 0 Å². The van der Waals surface area contributed by atoms with Crippen molar-refractivity contribution in [3.63, 3.8) is 0 Å². The first kappa shape index (κ1) is 15.9. The molecule has 0 saturated carbocycles. The molecule has 2 aliphatic rings. The van der Waals surface area contributed by atoms with Crippen LogP contribution in [-0.2, 0) is 16.1 Å². The van der Waals surface area contributed by atoms with Crippen LogP contribution in [0.25, 0.3) is 0 Å². The van der Waals surface area contributed by atoms with Gasteiger partial charge in [-0.05, 0) is 13.0 Å². The van der Waals surface area contributed by atoms with Crippen molar-refractivity contribution in [1.29, 1.82) is 0 Å². The first-order chi connectivity index (χ1) is 12.2. The molecule has 2 fully saturated rings. The predicted octanol–water partition coefficient (Wildman–Crippen LogP) is 0.343. The van der Waals surface area contributed by atoms with E-state index >= 15 is 0 Å². The summed E-state index contributed by atoms with van der Waals surface area (Å²) in [6, 6.07) is 1.79. The second-order valence-corrected chi connectivity index (χ2v) is 6.46. The van der Waals surface area contributed by atoms with Crippen molar-refractivity contribution in [2.24, 2.45) is 11.8 Å². The highest BCUT2D eigenvalue weighted by Crippen LogP contribution is 2.35. The third-order valence-corrected chi connectivity index (χ3v) is 4.77. The Morgan fingerprint density at radius 2 is 2.08 bits per heavy atom. The van der Waals surface area contributed by atoms with E-state index in [1.807, 2.05) is 6.92 Å². The minimum absolute atomic E-state index is 0.00528. The van der Waals surface area contributed by atoms with Gasteiger partial charge in [-0.2, -0.15) is 0 Å². The number of anilines is 1. The van der Waals surface area contributed by atoms with E-state index in [9.17, 15) is 4.79 Å². The molecule has 1 amide bonds. The lowest BCUT2D eigenvalue weighted by Crippen LogP contribution is -2.36. The number of aryl methyl sites for hydroxylation is 1. The van der Waals surface area contributed by atoms with E-state index in [1.165, 1.54) is 0 Å². The number of aromatic nitrogens is 4. The smallest absolute Gasteiger partial charge is 0.226 e. The van der Waals surface area contributed by atoms with Crippen molar-refractivity contribution < 1.29 is 9.53 Å². The average molecular weight is 340 g/mol. The summed E-state index contributed by atoms with van der Waals surface area (Å²) >= 11 is 0. The molecular formula is C17H20N6O2. The predicted molar refractivity (Wildman–Crippen MR) is 89.6 cm³/mol. The fourth-order valence-electron chi connectivity index (χ4n) is 3.42. The highest BCUT2D eigenvalue weighted by Gasteiger charge is 2.47. The van der Waals surface area contributed by atoms with Crippen molar-refractivity contribution in [3.8, 4) is 0 Å². The zero-order chi connectivity index (χ0) is 17.2. The molecule has 2 aromatic heterocycles. The number of nitrogens with zero attached hydrogens (tertiary/aromatic N) is 5. The van der Waals surface area contributed by atoms with E-state index < -0.39 is 0 Å². The fourth-order valence-corrected chi connectivity index (χ4v) is 3.42. The highest BCUT2D eigenvalue weighted by molar-refractivity contribution is 5.79. The summed E-state index contributed by atoms with van der Waals surface area (Å²) in [5.74, 6) is 0.699. The van der Waals surface area contributed by atoms with Crippen molar-refractivity contribution in [3.05, 3.63) is 42.2 Å². The van der Waals surface area contributed by atoms with E-state index in [0.717, 1.165) is 24.5 Å². The first-order valence-electron chi connectivity index (χ1n) is 8.39. The van der Waals surface area contributed by atoms with E-state index in [2.05, 4.69) is 30.2 Å². The van der Waals surface area contributed by atoms with Crippen molar-refractivity contribution in [2.45, 2.75) is 19.6 Å². The van der Waals surface area contributed by atoms with E-state index in [1.54, 1.807) is 30.9 Å². The van der Waals surface area contributed by atoms with Crippen LogP contribution >= 0.6 is 0 Å². The lowest BCUT2D eigenvalue weighted by Gasteiger charge is -2.19. The van der Waals surface area contributed by atoms with Crippen molar-refractivity contribution in [2.75, 3.05) is 24.6 Å². The van der Waals surface area contributed by atoms with Crippen LogP contribution in [0.2, 0.25) is 0 Å². The molecule has 0 aromatic carbocycles. The number of hydrogen-bond donors (Lipinski definition) is 1. The van der Waals surface area contributed by atoms with E-state index in [-0.39, 0.29) is 23.8 Å². The minimum Gasteiger partial charge on any atom is -0.375 e. The average Bonchev–Trinajstić information content (AvgIpc) is 3.22. The molecule has 4 rings (SSSR count). The number of nitrogens with one attached hydrogen (secondary N) is 1. The maximum Gasteiger partial charge on any atom is 0.226 e. The Bertz CT molecular complexity index is 739. The third-order valence-electron chi connectivity index (χ3n) is 4.77. The molecule has 0 radical (unpaired) electrons. The fraction of sp³-hybridized carbons (Fsp3) is 0.471. The largest absolute Gasteiger partial charge is 0.375 e. The molecule has 0 unspecified atom stereocenters. The van der Waals surface area contributed by atoms with Gasteiger partial charge >= 0.3 is 0 Å². The molecule has 8 nitrogen and oxygen atoms in total. The van der Waals surface area contributed by atoms with Crippen LogP contribution in [0.5, 0.6) is 0 Å². The van der Waals surface area contributed by atoms with E-state index in [4.69, 9.17) is 4.74 Å². The van der Waals surface area contributed by atoms with Gasteiger partial charge in [0.25, 0.3) is 0 Å². The number of ether oxygens (including phenoxy) is 1. The van der Waals surface area contributed by atoms with Crippen LogP contribution in [0.3, 0.4) is 0 Å². The monoisotopic (exact) mass is 340 g/mol. The van der Waals surface area contributed by atoms with Gasteiger partial charge in [0.2, 0.25) is 11.9 Å². The molecule has 2 aliphatic heterocycles. The van der Waals surface area contributed by atoms with Gasteiger partial charge in [-0.15, -0.1) is 0 Å². The Labute approximate surface area is 145 Å². The Morgan fingerprint density at radius 3 is 2.84 bits per heavy atom. The van der Waals surface area contributed by atoms with Gasteiger partial charge in [-0.25, -0.2) is 9.97 Å². The zero-order valence-corrected chi connectivity index (χ0v) is 14.0. The zero-order valence-electron chi connectivity index (χ0n) is 14.0. The molecule has 0 spiro atoms. The van der Waals surface area contributed by atoms with Gasteiger partial charge < -0.3 is 15.0 Å². The molecule has 0 aliphatic carbocycles. The summed E-state index contributed by atoms with van der Waals surface area (Å²) in [5, 5.41) is 2.96. The molecule has 2 aromatic rings. The molecule has 1 N–H and O–H groups in total. The SMILES string of the molecule is Cc1cnc(CNC(=O)[C@H]2CO[C@@H]3CN(c4ncccn4)C[C@H]23)cn1. The van der Waals surface area contributed by atoms with Gasteiger partial charge in [0.15, 0.2) is 0 Å². The van der Waals surface area contributed by atoms with Crippen LogP contribution < -0.4 is 10.2 Å². The van der Waals surface area contributed by atoms with Crippen molar-refractivity contribution in [1.82, 2.24) is 25.3 Å². The van der Waals surface area contributed by atoms with Gasteiger partial charge in [0.05, 0.1) is 42.8 Å². The van der Waals surface area contributed by atoms with Gasteiger partial charge in [0, 0.05) is 37.6 Å². The summed E-state index contributed by atoms with van der Waals surface area (Å²) in [4.78, 5) is 31.7. The molecular weight excluding hydrogens is 320 g/mol. The summed E-state index contributed by atoms with van der Waals surface area (Å²) in [6.45, 7) is 4.18. The van der Waals surface area contributed by atoms with Crippen LogP contribution in [0, 0.1) is 18.8 Å². The number of fused-ring (bicyclic) bond motifs is 1. The summed E-state index contributed by atoms with van der Waals surface area (Å²) in [7, 11) is 0. The highest BCUT2D eigenvalue weighted by atomic mass is 16.5. The van der Waals surface area contributed by atoms with Crippen LogP contribution in [0.15, 0.2) is 30.9 Å². The summed E-state index contributed by atoms with van der Waals surface area (Å²) in [5.41, 5.74) is 1.61. The number of carbonyl (C=O) groups is 1. The standard InChI is InChI=1S/C17H20N6O2/c1-11-5-21-12(6-20-11)7-22-16(24)14-10-25-15-9-23(8-13(14)15)17-18-3-2-4-19-17/h2-6,13-15H,7-10H2,1H3,(H,22,24)/t13-,14+,15-/m1/s1. The normalized spacial score (nSPS) is 25.0. The number of amides is 1. The van der Waals surface area contributed by atoms with Gasteiger partial charge in [-0.1, -0.05) is 0 Å². The Balaban J connectivity index is 1.36. The van der Waals surface area contributed by atoms with E-state index in [0.29, 0.717) is 19.1 Å². The minimum atomic E-state index is -0.155. The molecule has 3 atom stereocenters. The van der Waals surface area contributed by atoms with Crippen LogP contribution in [0.1, 0.15) is 11.4 Å². The second kappa shape index (κ2) is 6.72. The molecule has 8 heteroatoms. The Kier molecular flexibility index (Phi) is 4.27. The maximum absolute atomic E-state index is 12.6. The Hall–Kier alpha value is -2.61. The molecule has 0 bridgehead atoms. The van der Waals surface area contributed by atoms with Crippen LogP contribution in [-0.4, -0.2) is 51.6 Å². The maximum atomic E-state index is 12.6. The lowest BCUT2D eigenvalue weighted by molar-refractivity contribution is -0.126. The van der Waals surface area contributed by atoms with Crippen molar-refractivity contribution >= 4 is 11.9 Å². The number of carbonyl (C=O) groups excluding carboxylic acids is 1. The third kappa shape index (κ3) is 3.30. The summed E-state index contributed by atoms with van der Waals surface area (Å²) in [6.07, 6.45) is 6.89.